The monoisotopic (exact) mass is 230 g/mol. The molecular formula is C15H22N2. The maximum absolute atomic E-state index is 3.47. The van der Waals surface area contributed by atoms with E-state index in [0.29, 0.717) is 0 Å². The highest BCUT2D eigenvalue weighted by Crippen LogP contribution is 2.25. The largest absolute Gasteiger partial charge is 0.316 e. The molecule has 1 unspecified atom stereocenters. The van der Waals surface area contributed by atoms with Crippen LogP contribution in [0.5, 0.6) is 0 Å². The highest BCUT2D eigenvalue weighted by atomic mass is 15.1. The summed E-state index contributed by atoms with van der Waals surface area (Å²) in [6, 6.07) is 6.91. The van der Waals surface area contributed by atoms with E-state index in [9.17, 15) is 0 Å². The zero-order valence-corrected chi connectivity index (χ0v) is 10.7. The number of nitrogens with one attached hydrogen (secondary N) is 1. The van der Waals surface area contributed by atoms with E-state index in [0.717, 1.165) is 12.5 Å². The van der Waals surface area contributed by atoms with Gasteiger partial charge >= 0.3 is 0 Å². The molecule has 92 valence electrons. The summed E-state index contributed by atoms with van der Waals surface area (Å²) in [6.45, 7) is 4.77. The maximum atomic E-state index is 3.47. The van der Waals surface area contributed by atoms with Gasteiger partial charge in [-0.3, -0.25) is 0 Å². The molecule has 3 rings (SSSR count). The van der Waals surface area contributed by atoms with Crippen LogP contribution in [0.4, 0.5) is 0 Å². The number of benzene rings is 1. The van der Waals surface area contributed by atoms with Crippen molar-refractivity contribution < 1.29 is 0 Å². The summed E-state index contributed by atoms with van der Waals surface area (Å²) in [4.78, 5) is 2.44. The van der Waals surface area contributed by atoms with Gasteiger partial charge in [0.05, 0.1) is 0 Å². The van der Waals surface area contributed by atoms with E-state index >= 15 is 0 Å². The molecule has 1 fully saturated rings. The zero-order valence-electron chi connectivity index (χ0n) is 10.7. The standard InChI is InChI=1S/C15H22N2/c1-17-8-6-13-3-2-4-14(15(13)11-17)9-12-5-7-16-10-12/h2-4,12,16H,5-11H2,1H3. The highest BCUT2D eigenvalue weighted by molar-refractivity contribution is 5.37. The van der Waals surface area contributed by atoms with Crippen LogP contribution in [0.25, 0.3) is 0 Å². The molecule has 1 saturated heterocycles. The van der Waals surface area contributed by atoms with Crippen LogP contribution in [0.1, 0.15) is 23.1 Å². The molecule has 1 atom stereocenters. The molecule has 0 aliphatic carbocycles. The minimum absolute atomic E-state index is 0.855. The van der Waals surface area contributed by atoms with Crippen molar-refractivity contribution in [2.75, 3.05) is 26.7 Å². The van der Waals surface area contributed by atoms with Gasteiger partial charge in [-0.15, -0.1) is 0 Å². The predicted molar refractivity (Wildman–Crippen MR) is 71.2 cm³/mol. The summed E-state index contributed by atoms with van der Waals surface area (Å²) in [7, 11) is 2.23. The van der Waals surface area contributed by atoms with Crippen molar-refractivity contribution in [3.8, 4) is 0 Å². The molecule has 0 amide bonds. The van der Waals surface area contributed by atoms with Crippen LogP contribution in [0.15, 0.2) is 18.2 Å². The fourth-order valence-corrected chi connectivity index (χ4v) is 3.18. The lowest BCUT2D eigenvalue weighted by Gasteiger charge is -2.27. The lowest BCUT2D eigenvalue weighted by molar-refractivity contribution is 0.311. The summed E-state index contributed by atoms with van der Waals surface area (Å²) >= 11 is 0. The van der Waals surface area contributed by atoms with Gasteiger partial charge in [-0.25, -0.2) is 0 Å². The van der Waals surface area contributed by atoms with E-state index in [1.807, 2.05) is 0 Å². The molecule has 2 heteroatoms. The third-order valence-corrected chi connectivity index (χ3v) is 4.23. The molecule has 1 N–H and O–H groups in total. The lowest BCUT2D eigenvalue weighted by atomic mass is 9.89. The maximum Gasteiger partial charge on any atom is 0.0236 e. The van der Waals surface area contributed by atoms with E-state index in [1.165, 1.54) is 38.9 Å². The summed E-state index contributed by atoms with van der Waals surface area (Å²) < 4.78 is 0. The van der Waals surface area contributed by atoms with Crippen LogP contribution < -0.4 is 5.32 Å². The summed E-state index contributed by atoms with van der Waals surface area (Å²) in [5, 5.41) is 3.47. The van der Waals surface area contributed by atoms with E-state index in [-0.39, 0.29) is 0 Å². The first-order chi connectivity index (χ1) is 8.33. The number of hydrogen-bond acceptors (Lipinski definition) is 2. The first kappa shape index (κ1) is 11.2. The van der Waals surface area contributed by atoms with Crippen molar-refractivity contribution in [3.05, 3.63) is 34.9 Å². The van der Waals surface area contributed by atoms with Gasteiger partial charge < -0.3 is 10.2 Å². The van der Waals surface area contributed by atoms with Crippen LogP contribution in [-0.2, 0) is 19.4 Å². The van der Waals surface area contributed by atoms with Crippen molar-refractivity contribution in [1.29, 1.82) is 0 Å². The van der Waals surface area contributed by atoms with Crippen LogP contribution >= 0.6 is 0 Å². The molecule has 2 nitrogen and oxygen atoms in total. The number of hydrogen-bond donors (Lipinski definition) is 1. The number of fused-ring (bicyclic) bond motifs is 1. The molecule has 0 saturated carbocycles. The average Bonchev–Trinajstić information content (AvgIpc) is 2.83. The van der Waals surface area contributed by atoms with Gasteiger partial charge in [0.25, 0.3) is 0 Å². The lowest BCUT2D eigenvalue weighted by Crippen LogP contribution is -2.27. The number of nitrogens with zero attached hydrogens (tertiary/aromatic N) is 1. The molecule has 0 bridgehead atoms. The van der Waals surface area contributed by atoms with Crippen LogP contribution in [-0.4, -0.2) is 31.6 Å². The predicted octanol–water partition coefficient (Wildman–Crippen LogP) is 1.83. The molecular weight excluding hydrogens is 208 g/mol. The van der Waals surface area contributed by atoms with Gasteiger partial charge in [-0.1, -0.05) is 18.2 Å². The Bertz CT molecular complexity index is 394. The molecule has 2 heterocycles. The quantitative estimate of drug-likeness (QED) is 0.834. The summed E-state index contributed by atoms with van der Waals surface area (Å²) in [5.41, 5.74) is 4.81. The second-order valence-electron chi connectivity index (χ2n) is 5.61. The topological polar surface area (TPSA) is 15.3 Å². The second-order valence-corrected chi connectivity index (χ2v) is 5.61. The van der Waals surface area contributed by atoms with E-state index in [4.69, 9.17) is 0 Å². The molecule has 0 radical (unpaired) electrons. The Balaban J connectivity index is 1.83. The SMILES string of the molecule is CN1CCc2cccc(CC3CCNC3)c2C1. The average molecular weight is 230 g/mol. The van der Waals surface area contributed by atoms with Crippen molar-refractivity contribution in [3.63, 3.8) is 0 Å². The Morgan fingerprint density at radius 2 is 2.35 bits per heavy atom. The van der Waals surface area contributed by atoms with Gasteiger partial charge in [-0.05, 0) is 62.0 Å². The summed E-state index contributed by atoms with van der Waals surface area (Å²) in [5.74, 6) is 0.855. The van der Waals surface area contributed by atoms with E-state index < -0.39 is 0 Å². The molecule has 1 aromatic rings. The second kappa shape index (κ2) is 4.79. The van der Waals surface area contributed by atoms with Crippen molar-refractivity contribution >= 4 is 0 Å². The molecule has 1 aromatic carbocycles. The van der Waals surface area contributed by atoms with Gasteiger partial charge in [0.1, 0.15) is 0 Å². The Labute approximate surface area is 104 Å². The first-order valence-corrected chi connectivity index (χ1v) is 6.82. The molecule has 0 spiro atoms. The fourth-order valence-electron chi connectivity index (χ4n) is 3.18. The molecule has 2 aliphatic heterocycles. The van der Waals surface area contributed by atoms with Gasteiger partial charge in [-0.2, -0.15) is 0 Å². The van der Waals surface area contributed by atoms with Crippen molar-refractivity contribution in [2.24, 2.45) is 5.92 Å². The normalized spacial score (nSPS) is 24.9. The van der Waals surface area contributed by atoms with E-state index in [2.05, 4.69) is 35.5 Å². The zero-order chi connectivity index (χ0) is 11.7. The van der Waals surface area contributed by atoms with Crippen molar-refractivity contribution in [2.45, 2.75) is 25.8 Å². The minimum atomic E-state index is 0.855. The van der Waals surface area contributed by atoms with Gasteiger partial charge in [0, 0.05) is 13.1 Å². The molecule has 0 aromatic heterocycles. The van der Waals surface area contributed by atoms with Gasteiger partial charge in [0.15, 0.2) is 0 Å². The van der Waals surface area contributed by atoms with E-state index in [1.54, 1.807) is 16.7 Å². The van der Waals surface area contributed by atoms with Crippen molar-refractivity contribution in [1.82, 2.24) is 10.2 Å². The Hall–Kier alpha value is -0.860. The smallest absolute Gasteiger partial charge is 0.0236 e. The summed E-state index contributed by atoms with van der Waals surface area (Å²) in [6.07, 6.45) is 3.84. The molecule has 17 heavy (non-hydrogen) atoms. The number of rotatable bonds is 2. The van der Waals surface area contributed by atoms with Crippen LogP contribution in [0.2, 0.25) is 0 Å². The molecule has 2 aliphatic rings. The number of likely N-dealkylation sites (N-methyl/N-ethyl adjacent to an activating group) is 1. The first-order valence-electron chi connectivity index (χ1n) is 6.82. The highest BCUT2D eigenvalue weighted by Gasteiger charge is 2.20. The van der Waals surface area contributed by atoms with Gasteiger partial charge in [0.2, 0.25) is 0 Å². The fraction of sp³-hybridized carbons (Fsp3) is 0.600. The Morgan fingerprint density at radius 1 is 1.41 bits per heavy atom. The van der Waals surface area contributed by atoms with Crippen LogP contribution in [0.3, 0.4) is 0 Å². The Kier molecular flexibility index (Phi) is 3.17. The third-order valence-electron chi connectivity index (χ3n) is 4.23. The minimum Gasteiger partial charge on any atom is -0.316 e. The third kappa shape index (κ3) is 2.38. The van der Waals surface area contributed by atoms with Crippen LogP contribution in [0, 0.1) is 5.92 Å². The Morgan fingerprint density at radius 3 is 3.18 bits per heavy atom.